The molecule has 0 fully saturated rings. The lowest BCUT2D eigenvalue weighted by molar-refractivity contribution is 0.414. The average molecular weight is 280 g/mol. The topological polar surface area (TPSA) is 35.2 Å². The fourth-order valence-electron chi connectivity index (χ4n) is 1.54. The normalized spacial score (nSPS) is 10.3. The third-order valence-electron chi connectivity index (χ3n) is 2.46. The lowest BCUT2D eigenvalue weighted by Gasteiger charge is -2.06. The number of halogens is 1. The first kappa shape index (κ1) is 13.1. The van der Waals surface area contributed by atoms with Crippen LogP contribution in [-0.2, 0) is 5.75 Å². The number of anilines is 1. The Kier molecular flexibility index (Phi) is 4.39. The number of hydrogen-bond acceptors (Lipinski definition) is 3. The van der Waals surface area contributed by atoms with Crippen molar-refractivity contribution < 1.29 is 4.74 Å². The van der Waals surface area contributed by atoms with Crippen molar-refractivity contribution in [2.45, 2.75) is 10.6 Å². The highest BCUT2D eigenvalue weighted by molar-refractivity contribution is 7.98. The second-order valence-corrected chi connectivity index (χ2v) is 5.34. The molecule has 0 amide bonds. The zero-order valence-corrected chi connectivity index (χ0v) is 11.6. The number of methoxy groups -OCH3 is 1. The smallest absolute Gasteiger partial charge is 0.122 e. The molecule has 0 aliphatic heterocycles. The van der Waals surface area contributed by atoms with Gasteiger partial charge in [-0.15, -0.1) is 11.8 Å². The van der Waals surface area contributed by atoms with Crippen molar-refractivity contribution in [1.82, 2.24) is 0 Å². The van der Waals surface area contributed by atoms with Crippen molar-refractivity contribution in [3.63, 3.8) is 0 Å². The fourth-order valence-corrected chi connectivity index (χ4v) is 2.61. The predicted octanol–water partition coefficient (Wildman–Crippen LogP) is 4.22. The van der Waals surface area contributed by atoms with E-state index in [0.29, 0.717) is 5.69 Å². The summed E-state index contributed by atoms with van der Waals surface area (Å²) < 4.78 is 5.19. The van der Waals surface area contributed by atoms with Gasteiger partial charge in [-0.3, -0.25) is 0 Å². The molecule has 2 aromatic rings. The molecular weight excluding hydrogens is 266 g/mol. The van der Waals surface area contributed by atoms with Crippen molar-refractivity contribution in [2.24, 2.45) is 0 Å². The largest absolute Gasteiger partial charge is 0.497 e. The Morgan fingerprint density at radius 3 is 2.56 bits per heavy atom. The molecule has 0 aliphatic rings. The maximum atomic E-state index is 5.85. The van der Waals surface area contributed by atoms with Crippen molar-refractivity contribution in [1.29, 1.82) is 0 Å². The summed E-state index contributed by atoms with van der Waals surface area (Å²) in [5, 5.41) is 0.759. The zero-order valence-electron chi connectivity index (χ0n) is 10.0. The van der Waals surface area contributed by atoms with Crippen LogP contribution in [0.5, 0.6) is 5.75 Å². The molecule has 2 rings (SSSR count). The highest BCUT2D eigenvalue weighted by atomic mass is 35.5. The molecule has 18 heavy (non-hydrogen) atoms. The van der Waals surface area contributed by atoms with E-state index in [1.54, 1.807) is 18.9 Å². The Hall–Kier alpha value is -1.32. The molecule has 0 heterocycles. The molecule has 0 radical (unpaired) electrons. The van der Waals surface area contributed by atoms with Gasteiger partial charge in [0.1, 0.15) is 5.75 Å². The Labute approximate surface area is 116 Å². The van der Waals surface area contributed by atoms with Crippen LogP contribution in [0, 0.1) is 0 Å². The van der Waals surface area contributed by atoms with Gasteiger partial charge in [0.2, 0.25) is 0 Å². The number of thioether (sulfide) groups is 1. The molecule has 2 aromatic carbocycles. The van der Waals surface area contributed by atoms with E-state index in [2.05, 4.69) is 0 Å². The lowest BCUT2D eigenvalue weighted by Crippen LogP contribution is -1.89. The Morgan fingerprint density at radius 2 is 1.89 bits per heavy atom. The summed E-state index contributed by atoms with van der Waals surface area (Å²) in [5.74, 6) is 1.66. The summed E-state index contributed by atoms with van der Waals surface area (Å²) in [6.07, 6.45) is 0. The van der Waals surface area contributed by atoms with Gasteiger partial charge in [0.15, 0.2) is 0 Å². The summed E-state index contributed by atoms with van der Waals surface area (Å²) in [7, 11) is 1.64. The van der Waals surface area contributed by atoms with Gasteiger partial charge >= 0.3 is 0 Å². The Bertz CT molecular complexity index is 528. The quantitative estimate of drug-likeness (QED) is 0.672. The standard InChI is InChI=1S/C14H14ClNOS/c1-17-13-6-12(16)7-14(8-13)18-9-10-2-4-11(15)5-3-10/h2-8H,9,16H2,1H3. The van der Waals surface area contributed by atoms with Crippen molar-refractivity contribution in [2.75, 3.05) is 12.8 Å². The SMILES string of the molecule is COc1cc(N)cc(SCc2ccc(Cl)cc2)c1. The van der Waals surface area contributed by atoms with Crippen molar-refractivity contribution in [3.8, 4) is 5.75 Å². The number of nitrogens with two attached hydrogens (primary N) is 1. The third-order valence-corrected chi connectivity index (χ3v) is 3.76. The van der Waals surface area contributed by atoms with Crippen LogP contribution in [0.25, 0.3) is 0 Å². The third kappa shape index (κ3) is 3.59. The molecule has 2 N–H and O–H groups in total. The summed E-state index contributed by atoms with van der Waals surface area (Å²) in [5.41, 5.74) is 7.76. The van der Waals surface area contributed by atoms with E-state index >= 15 is 0 Å². The number of rotatable bonds is 4. The van der Waals surface area contributed by atoms with Gasteiger partial charge in [0, 0.05) is 27.4 Å². The van der Waals surface area contributed by atoms with Crippen LogP contribution < -0.4 is 10.5 Å². The van der Waals surface area contributed by atoms with E-state index in [4.69, 9.17) is 22.1 Å². The maximum absolute atomic E-state index is 5.85. The van der Waals surface area contributed by atoms with Crippen molar-refractivity contribution >= 4 is 29.1 Å². The van der Waals surface area contributed by atoms with Gasteiger partial charge in [-0.1, -0.05) is 23.7 Å². The highest BCUT2D eigenvalue weighted by Gasteiger charge is 2.01. The molecular formula is C14H14ClNOS. The van der Waals surface area contributed by atoms with E-state index in [1.165, 1.54) is 5.56 Å². The zero-order chi connectivity index (χ0) is 13.0. The second kappa shape index (κ2) is 6.03. The molecule has 0 aliphatic carbocycles. The van der Waals surface area contributed by atoms with Crippen LogP contribution in [0.2, 0.25) is 5.02 Å². The van der Waals surface area contributed by atoms with Gasteiger partial charge in [0.25, 0.3) is 0 Å². The summed E-state index contributed by atoms with van der Waals surface area (Å²) in [6.45, 7) is 0. The second-order valence-electron chi connectivity index (χ2n) is 3.86. The van der Waals surface area contributed by atoms with Crippen LogP contribution in [0.4, 0.5) is 5.69 Å². The maximum Gasteiger partial charge on any atom is 0.122 e. The highest BCUT2D eigenvalue weighted by Crippen LogP contribution is 2.29. The molecule has 0 saturated heterocycles. The molecule has 4 heteroatoms. The number of hydrogen-bond donors (Lipinski definition) is 1. The molecule has 0 spiro atoms. The van der Waals surface area contributed by atoms with Gasteiger partial charge in [-0.05, 0) is 29.8 Å². The van der Waals surface area contributed by atoms with Crippen LogP contribution in [0.15, 0.2) is 47.4 Å². The lowest BCUT2D eigenvalue weighted by atomic mass is 10.2. The van der Waals surface area contributed by atoms with E-state index in [9.17, 15) is 0 Å². The molecule has 94 valence electrons. The van der Waals surface area contributed by atoms with E-state index in [-0.39, 0.29) is 0 Å². The first-order chi connectivity index (χ1) is 8.67. The fraction of sp³-hybridized carbons (Fsp3) is 0.143. The minimum absolute atomic E-state index is 0.716. The summed E-state index contributed by atoms with van der Waals surface area (Å²) >= 11 is 7.57. The average Bonchev–Trinajstić information content (AvgIpc) is 2.37. The number of ether oxygens (including phenoxy) is 1. The van der Waals surface area contributed by atoms with Gasteiger partial charge < -0.3 is 10.5 Å². The first-order valence-corrected chi connectivity index (χ1v) is 6.85. The van der Waals surface area contributed by atoms with E-state index in [1.807, 2.05) is 42.5 Å². The minimum atomic E-state index is 0.716. The summed E-state index contributed by atoms with van der Waals surface area (Å²) in [4.78, 5) is 1.10. The Balaban J connectivity index is 2.05. The van der Waals surface area contributed by atoms with Crippen molar-refractivity contribution in [3.05, 3.63) is 53.1 Å². The monoisotopic (exact) mass is 279 g/mol. The van der Waals surface area contributed by atoms with Gasteiger partial charge in [-0.25, -0.2) is 0 Å². The van der Waals surface area contributed by atoms with E-state index < -0.39 is 0 Å². The molecule has 0 atom stereocenters. The molecule has 0 bridgehead atoms. The Morgan fingerprint density at radius 1 is 1.17 bits per heavy atom. The van der Waals surface area contributed by atoms with Crippen LogP contribution in [0.3, 0.4) is 0 Å². The predicted molar refractivity (Wildman–Crippen MR) is 78.4 cm³/mol. The molecule has 2 nitrogen and oxygen atoms in total. The molecule has 0 saturated carbocycles. The summed E-state index contributed by atoms with van der Waals surface area (Å²) in [6, 6.07) is 13.6. The van der Waals surface area contributed by atoms with Gasteiger partial charge in [0.05, 0.1) is 7.11 Å². The van der Waals surface area contributed by atoms with Crippen LogP contribution in [0.1, 0.15) is 5.56 Å². The van der Waals surface area contributed by atoms with Gasteiger partial charge in [-0.2, -0.15) is 0 Å². The first-order valence-electron chi connectivity index (χ1n) is 5.49. The molecule has 0 unspecified atom stereocenters. The minimum Gasteiger partial charge on any atom is -0.497 e. The molecule has 0 aromatic heterocycles. The number of benzene rings is 2. The number of nitrogen functional groups attached to an aromatic ring is 1. The van der Waals surface area contributed by atoms with Crippen LogP contribution in [-0.4, -0.2) is 7.11 Å². The van der Waals surface area contributed by atoms with E-state index in [0.717, 1.165) is 21.4 Å². The van der Waals surface area contributed by atoms with Crippen LogP contribution >= 0.6 is 23.4 Å².